The van der Waals surface area contributed by atoms with Gasteiger partial charge < -0.3 is 10.6 Å². The molecule has 116 valence electrons. The first-order valence-electron chi connectivity index (χ1n) is 6.86. The van der Waals surface area contributed by atoms with Crippen LogP contribution >= 0.6 is 0 Å². The number of rotatable bonds is 3. The zero-order chi connectivity index (χ0) is 15.2. The number of nitrogen functional groups attached to an aromatic ring is 1. The van der Waals surface area contributed by atoms with Crippen LogP contribution in [0.1, 0.15) is 12.8 Å². The molecule has 1 atom stereocenters. The molecule has 8 heteroatoms. The van der Waals surface area contributed by atoms with Crippen LogP contribution in [0.15, 0.2) is 17.0 Å². The van der Waals surface area contributed by atoms with E-state index < -0.39 is 26.6 Å². The Morgan fingerprint density at radius 2 is 1.76 bits per heavy atom. The molecule has 5 nitrogen and oxygen atoms in total. The van der Waals surface area contributed by atoms with Crippen LogP contribution in [0.3, 0.4) is 0 Å². The maximum absolute atomic E-state index is 13.8. The van der Waals surface area contributed by atoms with Crippen LogP contribution in [-0.2, 0) is 10.0 Å². The average Bonchev–Trinajstić information content (AvgIpc) is 2.37. The third kappa shape index (κ3) is 2.75. The van der Waals surface area contributed by atoms with Gasteiger partial charge in [0.15, 0.2) is 4.90 Å². The molecule has 3 saturated heterocycles. The van der Waals surface area contributed by atoms with Gasteiger partial charge in [0.05, 0.1) is 0 Å². The molecule has 3 aliphatic heterocycles. The van der Waals surface area contributed by atoms with Gasteiger partial charge in [-0.3, -0.25) is 0 Å². The van der Waals surface area contributed by atoms with E-state index in [2.05, 4.69) is 9.62 Å². The zero-order valence-corrected chi connectivity index (χ0v) is 12.2. The highest BCUT2D eigenvalue weighted by Gasteiger charge is 2.37. The summed E-state index contributed by atoms with van der Waals surface area (Å²) in [6.07, 6.45) is 1.81. The third-order valence-corrected chi connectivity index (χ3v) is 5.79. The van der Waals surface area contributed by atoms with Crippen molar-refractivity contribution in [3.05, 3.63) is 23.8 Å². The number of nitrogens with zero attached hydrogens (tertiary/aromatic N) is 1. The summed E-state index contributed by atoms with van der Waals surface area (Å²) in [6, 6.07) is 1.33. The first-order valence-corrected chi connectivity index (χ1v) is 8.34. The SMILES string of the molecule is Nc1cc(F)c(S(=O)(=O)NC2CN3CCC2CC3)c(F)c1. The molecule has 1 aromatic rings. The van der Waals surface area contributed by atoms with Crippen LogP contribution in [0.2, 0.25) is 0 Å². The highest BCUT2D eigenvalue weighted by Crippen LogP contribution is 2.29. The summed E-state index contributed by atoms with van der Waals surface area (Å²) in [5.74, 6) is -2.10. The number of nitrogens with two attached hydrogens (primary N) is 1. The molecule has 3 aliphatic rings. The Labute approximate surface area is 122 Å². The number of hydrogen-bond donors (Lipinski definition) is 2. The average molecular weight is 317 g/mol. The van der Waals surface area contributed by atoms with Crippen molar-refractivity contribution >= 4 is 15.7 Å². The van der Waals surface area contributed by atoms with Gasteiger partial charge in [0.2, 0.25) is 10.0 Å². The molecule has 0 aliphatic carbocycles. The van der Waals surface area contributed by atoms with E-state index in [4.69, 9.17) is 5.73 Å². The van der Waals surface area contributed by atoms with Crippen molar-refractivity contribution < 1.29 is 17.2 Å². The molecule has 3 fully saturated rings. The second kappa shape index (κ2) is 5.19. The van der Waals surface area contributed by atoms with E-state index in [0.717, 1.165) is 38.1 Å². The highest BCUT2D eigenvalue weighted by molar-refractivity contribution is 7.89. The Morgan fingerprint density at radius 3 is 2.24 bits per heavy atom. The summed E-state index contributed by atoms with van der Waals surface area (Å²) in [5, 5.41) is 0. The van der Waals surface area contributed by atoms with Crippen molar-refractivity contribution in [2.45, 2.75) is 23.8 Å². The first-order chi connectivity index (χ1) is 9.87. The van der Waals surface area contributed by atoms with Gasteiger partial charge in [-0.05, 0) is 44.0 Å². The minimum atomic E-state index is -4.24. The van der Waals surface area contributed by atoms with Crippen LogP contribution in [0.5, 0.6) is 0 Å². The summed E-state index contributed by atoms with van der Waals surface area (Å²) in [5.41, 5.74) is 5.16. The van der Waals surface area contributed by atoms with Crippen molar-refractivity contribution in [3.63, 3.8) is 0 Å². The number of piperidine rings is 3. The van der Waals surface area contributed by atoms with E-state index in [1.165, 1.54) is 0 Å². The summed E-state index contributed by atoms with van der Waals surface area (Å²) >= 11 is 0. The number of fused-ring (bicyclic) bond motifs is 3. The van der Waals surface area contributed by atoms with Crippen molar-refractivity contribution in [2.75, 3.05) is 25.4 Å². The zero-order valence-electron chi connectivity index (χ0n) is 11.4. The minimum Gasteiger partial charge on any atom is -0.399 e. The number of anilines is 1. The lowest BCUT2D eigenvalue weighted by Crippen LogP contribution is -2.57. The molecule has 0 spiro atoms. The van der Waals surface area contributed by atoms with Gasteiger partial charge in [-0.2, -0.15) is 0 Å². The van der Waals surface area contributed by atoms with Gasteiger partial charge in [0, 0.05) is 18.3 Å². The van der Waals surface area contributed by atoms with Crippen LogP contribution in [-0.4, -0.2) is 39.0 Å². The van der Waals surface area contributed by atoms with E-state index in [9.17, 15) is 17.2 Å². The van der Waals surface area contributed by atoms with Gasteiger partial charge in [-0.25, -0.2) is 21.9 Å². The molecule has 0 amide bonds. The van der Waals surface area contributed by atoms with Gasteiger partial charge in [-0.1, -0.05) is 0 Å². The van der Waals surface area contributed by atoms with Crippen molar-refractivity contribution in [2.24, 2.45) is 5.92 Å². The first kappa shape index (κ1) is 14.7. The molecular weight excluding hydrogens is 300 g/mol. The van der Waals surface area contributed by atoms with E-state index >= 15 is 0 Å². The summed E-state index contributed by atoms with van der Waals surface area (Å²) in [7, 11) is -4.24. The van der Waals surface area contributed by atoms with Gasteiger partial charge in [0.1, 0.15) is 11.6 Å². The van der Waals surface area contributed by atoms with E-state index in [0.29, 0.717) is 6.54 Å². The maximum atomic E-state index is 13.8. The summed E-state index contributed by atoms with van der Waals surface area (Å²) < 4.78 is 54.6. The topological polar surface area (TPSA) is 75.4 Å². The Bertz CT molecular complexity index is 634. The fourth-order valence-electron chi connectivity index (χ4n) is 3.19. The Hall–Kier alpha value is -1.25. The Balaban J connectivity index is 1.88. The lowest BCUT2D eigenvalue weighted by Gasteiger charge is -2.44. The Kier molecular flexibility index (Phi) is 3.62. The molecular formula is C13H17F2N3O2S. The molecule has 4 rings (SSSR count). The minimum absolute atomic E-state index is 0.146. The Morgan fingerprint density at radius 1 is 1.19 bits per heavy atom. The van der Waals surface area contributed by atoms with Crippen molar-refractivity contribution in [1.82, 2.24) is 9.62 Å². The molecule has 0 aromatic heterocycles. The fraction of sp³-hybridized carbons (Fsp3) is 0.538. The smallest absolute Gasteiger partial charge is 0.246 e. The standard InChI is InChI=1S/C13H17F2N3O2S/c14-10-5-9(16)6-11(15)13(10)21(19,20)17-12-7-18-3-1-8(12)2-4-18/h5-6,8,12,17H,1-4,7,16H2. The lowest BCUT2D eigenvalue weighted by molar-refractivity contribution is 0.0826. The molecule has 3 heterocycles. The fourth-order valence-corrected chi connectivity index (χ4v) is 4.61. The molecule has 0 radical (unpaired) electrons. The molecule has 0 saturated carbocycles. The molecule has 3 N–H and O–H groups in total. The van der Waals surface area contributed by atoms with Gasteiger partial charge in [-0.15, -0.1) is 0 Å². The van der Waals surface area contributed by atoms with Crippen molar-refractivity contribution in [3.8, 4) is 0 Å². The number of hydrogen-bond acceptors (Lipinski definition) is 4. The third-order valence-electron chi connectivity index (χ3n) is 4.25. The summed E-state index contributed by atoms with van der Waals surface area (Å²) in [4.78, 5) is 1.20. The lowest BCUT2D eigenvalue weighted by atomic mass is 9.85. The monoisotopic (exact) mass is 317 g/mol. The highest BCUT2D eigenvalue weighted by atomic mass is 32.2. The second-order valence-electron chi connectivity index (χ2n) is 5.68. The number of nitrogens with one attached hydrogen (secondary N) is 1. The van der Waals surface area contributed by atoms with E-state index in [1.807, 2.05) is 0 Å². The summed E-state index contributed by atoms with van der Waals surface area (Å²) in [6.45, 7) is 2.49. The molecule has 1 aromatic carbocycles. The molecule has 2 bridgehead atoms. The van der Waals surface area contributed by atoms with Crippen LogP contribution in [0.4, 0.5) is 14.5 Å². The van der Waals surface area contributed by atoms with Crippen LogP contribution in [0, 0.1) is 17.6 Å². The number of halogens is 2. The van der Waals surface area contributed by atoms with Gasteiger partial charge >= 0.3 is 0 Å². The predicted molar refractivity (Wildman–Crippen MR) is 74.0 cm³/mol. The predicted octanol–water partition coefficient (Wildman–Crippen LogP) is 0.919. The van der Waals surface area contributed by atoms with Crippen LogP contribution in [0.25, 0.3) is 0 Å². The maximum Gasteiger partial charge on any atom is 0.246 e. The largest absolute Gasteiger partial charge is 0.399 e. The second-order valence-corrected chi connectivity index (χ2v) is 7.33. The normalized spacial score (nSPS) is 28.8. The quantitative estimate of drug-likeness (QED) is 0.813. The van der Waals surface area contributed by atoms with Gasteiger partial charge in [0.25, 0.3) is 0 Å². The molecule has 1 unspecified atom stereocenters. The van der Waals surface area contributed by atoms with Crippen LogP contribution < -0.4 is 10.5 Å². The number of sulfonamides is 1. The van der Waals surface area contributed by atoms with Crippen molar-refractivity contribution in [1.29, 1.82) is 0 Å². The molecule has 21 heavy (non-hydrogen) atoms. The van der Waals surface area contributed by atoms with E-state index in [1.54, 1.807) is 0 Å². The van der Waals surface area contributed by atoms with E-state index in [-0.39, 0.29) is 17.6 Å². The number of benzene rings is 1.